The van der Waals surface area contributed by atoms with Crippen LogP contribution >= 0.6 is 0 Å². The van der Waals surface area contributed by atoms with Crippen molar-refractivity contribution in [3.05, 3.63) is 143 Å². The van der Waals surface area contributed by atoms with Gasteiger partial charge in [-0.1, -0.05) is 113 Å². The van der Waals surface area contributed by atoms with E-state index in [1.54, 1.807) is 24.3 Å². The second kappa shape index (κ2) is 10.8. The Labute approximate surface area is 237 Å². The summed E-state index contributed by atoms with van der Waals surface area (Å²) in [4.78, 5) is 27.4. The van der Waals surface area contributed by atoms with Crippen molar-refractivity contribution in [3.8, 4) is 0 Å². The first-order valence-electron chi connectivity index (χ1n) is 13.8. The molecule has 1 aliphatic carbocycles. The number of fused-ring (bicyclic) bond motifs is 1. The Bertz CT molecular complexity index is 1500. The molecule has 0 saturated carbocycles. The van der Waals surface area contributed by atoms with Crippen molar-refractivity contribution in [2.75, 3.05) is 0 Å². The molecule has 0 fully saturated rings. The van der Waals surface area contributed by atoms with Crippen molar-refractivity contribution in [3.63, 3.8) is 0 Å². The Morgan fingerprint density at radius 2 is 1.12 bits per heavy atom. The molecule has 0 saturated heterocycles. The zero-order chi connectivity index (χ0) is 28.5. The third-order valence-corrected chi connectivity index (χ3v) is 8.34. The van der Waals surface area contributed by atoms with Gasteiger partial charge in [0.1, 0.15) is 6.10 Å². The van der Waals surface area contributed by atoms with Gasteiger partial charge in [0.25, 0.3) is 0 Å². The number of benzene rings is 4. The van der Waals surface area contributed by atoms with Gasteiger partial charge in [0, 0.05) is 5.92 Å². The third-order valence-electron chi connectivity index (χ3n) is 8.34. The summed E-state index contributed by atoms with van der Waals surface area (Å²) in [6.07, 6.45) is -1.55. The van der Waals surface area contributed by atoms with Gasteiger partial charge in [-0.25, -0.2) is 9.59 Å². The summed E-state index contributed by atoms with van der Waals surface area (Å²) in [6.45, 7) is 10.7. The lowest BCUT2D eigenvalue weighted by atomic mass is 9.50. The Kier molecular flexibility index (Phi) is 7.37. The lowest BCUT2D eigenvalue weighted by Crippen LogP contribution is -2.62. The summed E-state index contributed by atoms with van der Waals surface area (Å²) < 4.78 is 13.0. The van der Waals surface area contributed by atoms with E-state index in [0.717, 1.165) is 22.3 Å². The molecule has 0 spiro atoms. The topological polar surface area (TPSA) is 52.6 Å². The number of carbonyl (C=O) groups excluding carboxylic acids is 2. The summed E-state index contributed by atoms with van der Waals surface area (Å²) in [5, 5.41) is 0. The first-order chi connectivity index (χ1) is 19.2. The van der Waals surface area contributed by atoms with E-state index in [1.165, 1.54) is 0 Å². The van der Waals surface area contributed by atoms with E-state index < -0.39 is 35.0 Å². The van der Waals surface area contributed by atoms with Gasteiger partial charge in [-0.2, -0.15) is 0 Å². The highest BCUT2D eigenvalue weighted by Crippen LogP contribution is 2.58. The lowest BCUT2D eigenvalue weighted by molar-refractivity contribution is -0.0931. The second-order valence-electron chi connectivity index (χ2n) is 11.7. The van der Waals surface area contributed by atoms with Gasteiger partial charge in [0.2, 0.25) is 0 Å². The van der Waals surface area contributed by atoms with Gasteiger partial charge in [-0.3, -0.25) is 0 Å². The summed E-state index contributed by atoms with van der Waals surface area (Å²) in [5.74, 6) is -1.11. The molecule has 0 bridgehead atoms. The number of rotatable bonds is 5. The van der Waals surface area contributed by atoms with Crippen molar-refractivity contribution < 1.29 is 19.1 Å². The lowest BCUT2D eigenvalue weighted by Gasteiger charge is -2.56. The summed E-state index contributed by atoms with van der Waals surface area (Å²) in [5.41, 5.74) is 3.93. The van der Waals surface area contributed by atoms with Crippen molar-refractivity contribution in [1.82, 2.24) is 0 Å². The van der Waals surface area contributed by atoms with Crippen LogP contribution in [0.2, 0.25) is 0 Å². The molecule has 4 unspecified atom stereocenters. The molecule has 4 aromatic rings. The van der Waals surface area contributed by atoms with Crippen LogP contribution in [0.3, 0.4) is 0 Å². The Morgan fingerprint density at radius 3 is 1.68 bits per heavy atom. The Balaban J connectivity index is 1.78. The van der Waals surface area contributed by atoms with Crippen molar-refractivity contribution in [2.45, 2.75) is 58.2 Å². The fourth-order valence-electron chi connectivity index (χ4n) is 6.48. The van der Waals surface area contributed by atoms with Gasteiger partial charge in [0.05, 0.1) is 16.5 Å². The highest BCUT2D eigenvalue weighted by Gasteiger charge is 2.61. The van der Waals surface area contributed by atoms with Crippen LogP contribution in [0.4, 0.5) is 0 Å². The Morgan fingerprint density at radius 1 is 0.650 bits per heavy atom. The molecule has 0 aliphatic heterocycles. The molecule has 0 amide bonds. The molecule has 4 heteroatoms. The largest absolute Gasteiger partial charge is 0.454 e. The van der Waals surface area contributed by atoms with Crippen LogP contribution in [0.25, 0.3) is 0 Å². The number of aryl methyl sites for hydroxylation is 1. The number of esters is 2. The molecular weight excluding hydrogens is 496 g/mol. The van der Waals surface area contributed by atoms with Crippen LogP contribution in [0.1, 0.15) is 76.6 Å². The predicted molar refractivity (Wildman–Crippen MR) is 158 cm³/mol. The number of carbonyl (C=O) groups is 2. The molecule has 1 aliphatic rings. The highest BCUT2D eigenvalue weighted by molar-refractivity contribution is 5.90. The molecule has 5 rings (SSSR count). The normalized spacial score (nSPS) is 22.2. The molecule has 0 radical (unpaired) electrons. The summed E-state index contributed by atoms with van der Waals surface area (Å²) in [6, 6.07) is 34.5. The van der Waals surface area contributed by atoms with Crippen LogP contribution in [-0.2, 0) is 14.9 Å². The van der Waals surface area contributed by atoms with E-state index in [1.807, 2.05) is 60.7 Å². The van der Waals surface area contributed by atoms with E-state index in [4.69, 9.17) is 9.47 Å². The van der Waals surface area contributed by atoms with Crippen molar-refractivity contribution >= 4 is 11.9 Å². The Hall–Kier alpha value is -4.18. The van der Waals surface area contributed by atoms with Gasteiger partial charge in [0.15, 0.2) is 6.10 Å². The van der Waals surface area contributed by atoms with E-state index in [-0.39, 0.29) is 5.92 Å². The molecule has 0 heterocycles. The molecule has 4 aromatic carbocycles. The minimum Gasteiger partial charge on any atom is -0.454 e. The van der Waals surface area contributed by atoms with E-state index in [9.17, 15) is 9.59 Å². The van der Waals surface area contributed by atoms with Gasteiger partial charge < -0.3 is 9.47 Å². The monoisotopic (exact) mass is 532 g/mol. The third kappa shape index (κ3) is 4.62. The average Bonchev–Trinajstić information content (AvgIpc) is 2.96. The minimum absolute atomic E-state index is 0.225. The minimum atomic E-state index is -0.826. The van der Waals surface area contributed by atoms with Crippen LogP contribution < -0.4 is 0 Å². The molecule has 4 nitrogen and oxygen atoms in total. The number of hydrogen-bond donors (Lipinski definition) is 0. The van der Waals surface area contributed by atoms with Crippen molar-refractivity contribution in [1.29, 1.82) is 0 Å². The molecule has 0 aromatic heterocycles. The maximum absolute atomic E-state index is 13.8. The molecule has 0 N–H and O–H groups in total. The van der Waals surface area contributed by atoms with E-state index in [0.29, 0.717) is 11.1 Å². The number of hydrogen-bond acceptors (Lipinski definition) is 4. The second-order valence-corrected chi connectivity index (χ2v) is 11.7. The van der Waals surface area contributed by atoms with E-state index in [2.05, 4.69) is 58.9 Å². The maximum Gasteiger partial charge on any atom is 0.338 e. The quantitative estimate of drug-likeness (QED) is 0.245. The van der Waals surface area contributed by atoms with Crippen LogP contribution in [0.5, 0.6) is 0 Å². The standard InChI is InChI=1S/C36H36O4/c1-24-16-12-14-22-29(24)36(35(3,4)5)30-23-15-13-21-28(30)25(2)31(39-33(37)26-17-8-6-9-18-26)32(36)40-34(38)27-19-10-7-11-20-27/h6-23,25,31-32H,1-5H3. The highest BCUT2D eigenvalue weighted by atomic mass is 16.6. The first-order valence-corrected chi connectivity index (χ1v) is 13.8. The predicted octanol–water partition coefficient (Wildman–Crippen LogP) is 7.90. The molecule has 4 atom stereocenters. The smallest absolute Gasteiger partial charge is 0.338 e. The summed E-state index contributed by atoms with van der Waals surface area (Å²) >= 11 is 0. The number of ether oxygens (including phenoxy) is 2. The molecular formula is C36H36O4. The molecule has 40 heavy (non-hydrogen) atoms. The fourth-order valence-corrected chi connectivity index (χ4v) is 6.48. The maximum atomic E-state index is 13.8. The van der Waals surface area contributed by atoms with Gasteiger partial charge in [-0.15, -0.1) is 0 Å². The van der Waals surface area contributed by atoms with E-state index >= 15 is 0 Å². The zero-order valence-corrected chi connectivity index (χ0v) is 23.8. The van der Waals surface area contributed by atoms with Crippen molar-refractivity contribution in [2.24, 2.45) is 5.41 Å². The average molecular weight is 533 g/mol. The van der Waals surface area contributed by atoms with Gasteiger partial charge in [-0.05, 0) is 58.9 Å². The SMILES string of the molecule is Cc1ccccc1C1(C(C)(C)C)c2ccccc2C(C)C(OC(=O)c2ccccc2)C1OC(=O)c1ccccc1. The van der Waals surface area contributed by atoms with Crippen LogP contribution in [0, 0.1) is 12.3 Å². The zero-order valence-electron chi connectivity index (χ0n) is 23.8. The first kappa shape index (κ1) is 27.4. The van der Waals surface area contributed by atoms with Crippen LogP contribution in [-0.4, -0.2) is 24.1 Å². The van der Waals surface area contributed by atoms with Gasteiger partial charge >= 0.3 is 11.9 Å². The fraction of sp³-hybridized carbons (Fsp3) is 0.278. The van der Waals surface area contributed by atoms with Crippen LogP contribution in [0.15, 0.2) is 109 Å². The summed E-state index contributed by atoms with van der Waals surface area (Å²) in [7, 11) is 0. The molecule has 204 valence electrons.